The molecule has 1 unspecified atom stereocenters. The average Bonchev–Trinajstić information content (AvgIpc) is 3.01. The second-order valence-electron chi connectivity index (χ2n) is 5.84. The molecule has 0 saturated carbocycles. The lowest BCUT2D eigenvalue weighted by Crippen LogP contribution is -2.03. The highest BCUT2D eigenvalue weighted by atomic mass is 35.5. The summed E-state index contributed by atoms with van der Waals surface area (Å²) in [6, 6.07) is 23.6. The third-order valence-corrected chi connectivity index (χ3v) is 4.60. The number of para-hydroxylation sites is 1. The fourth-order valence-corrected chi connectivity index (χ4v) is 3.44. The molecule has 24 heavy (non-hydrogen) atoms. The smallest absolute Gasteiger partial charge is 0.119 e. The van der Waals surface area contributed by atoms with Gasteiger partial charge in [0.15, 0.2) is 0 Å². The van der Waals surface area contributed by atoms with E-state index in [1.54, 1.807) is 6.07 Å². The number of aromatic amines is 1. The summed E-state index contributed by atoms with van der Waals surface area (Å²) in [5.41, 5.74) is 4.14. The number of aromatic nitrogens is 1. The summed E-state index contributed by atoms with van der Waals surface area (Å²) in [5, 5.41) is 12.2. The van der Waals surface area contributed by atoms with Crippen molar-refractivity contribution < 1.29 is 5.11 Å². The number of rotatable bonds is 3. The summed E-state index contributed by atoms with van der Waals surface area (Å²) in [5.74, 6) is 0.247. The van der Waals surface area contributed by atoms with Crippen molar-refractivity contribution in [2.24, 2.45) is 0 Å². The van der Waals surface area contributed by atoms with Crippen LogP contribution in [0.15, 0.2) is 79.0 Å². The summed E-state index contributed by atoms with van der Waals surface area (Å²) in [4.78, 5) is 3.30. The van der Waals surface area contributed by atoms with Gasteiger partial charge in [0.25, 0.3) is 0 Å². The number of phenols is 1. The molecular weight excluding hydrogens is 318 g/mol. The quantitative estimate of drug-likeness (QED) is 0.495. The Morgan fingerprint density at radius 2 is 1.58 bits per heavy atom. The minimum Gasteiger partial charge on any atom is -0.508 e. The number of phenolic OH excluding ortho intramolecular Hbond substituents is 1. The normalized spacial score (nSPS) is 12.4. The van der Waals surface area contributed by atoms with Crippen molar-refractivity contribution in [1.82, 2.24) is 4.98 Å². The van der Waals surface area contributed by atoms with Gasteiger partial charge in [0, 0.05) is 33.6 Å². The fraction of sp³-hybridized carbons (Fsp3) is 0.0476. The first-order valence-electron chi connectivity index (χ1n) is 7.83. The van der Waals surface area contributed by atoms with E-state index in [-0.39, 0.29) is 5.92 Å². The summed E-state index contributed by atoms with van der Waals surface area (Å²) in [6.45, 7) is 0. The lowest BCUT2D eigenvalue weighted by Gasteiger charge is -2.19. The molecule has 3 heteroatoms. The minimum absolute atomic E-state index is 0.0534. The lowest BCUT2D eigenvalue weighted by atomic mass is 9.84. The summed E-state index contributed by atoms with van der Waals surface area (Å²) >= 11 is 6.11. The van der Waals surface area contributed by atoms with Gasteiger partial charge in [-0.25, -0.2) is 0 Å². The molecule has 0 bridgehead atoms. The Morgan fingerprint density at radius 3 is 2.38 bits per heavy atom. The van der Waals surface area contributed by atoms with Crippen LogP contribution in [-0.4, -0.2) is 10.1 Å². The molecule has 118 valence electrons. The number of aromatic hydroxyl groups is 1. The standard InChI is InChI=1S/C21H16ClNO/c22-15-10-11-16-18(13-23-19(16)12-15)21(14-6-2-1-3-7-14)17-8-4-5-9-20(17)24/h1-13,21,23-24H. The molecule has 0 aliphatic carbocycles. The van der Waals surface area contributed by atoms with Gasteiger partial charge in [0.1, 0.15) is 5.75 Å². The molecule has 4 aromatic rings. The maximum absolute atomic E-state index is 10.4. The number of benzene rings is 3. The lowest BCUT2D eigenvalue weighted by molar-refractivity contribution is 0.467. The SMILES string of the molecule is Oc1ccccc1C(c1ccccc1)c1c[nH]c2cc(Cl)ccc12. The zero-order chi connectivity index (χ0) is 16.5. The monoisotopic (exact) mass is 333 g/mol. The minimum atomic E-state index is -0.0534. The van der Waals surface area contributed by atoms with E-state index in [1.165, 1.54) is 0 Å². The number of H-pyrrole nitrogens is 1. The molecule has 0 aliphatic heterocycles. The molecule has 0 amide bonds. The van der Waals surface area contributed by atoms with Crippen LogP contribution in [0.2, 0.25) is 5.02 Å². The third kappa shape index (κ3) is 2.55. The van der Waals surface area contributed by atoms with Gasteiger partial charge in [-0.2, -0.15) is 0 Å². The Morgan fingerprint density at radius 1 is 0.833 bits per heavy atom. The van der Waals surface area contributed by atoms with Crippen molar-refractivity contribution in [3.05, 3.63) is 101 Å². The van der Waals surface area contributed by atoms with Gasteiger partial charge in [0.2, 0.25) is 0 Å². The van der Waals surface area contributed by atoms with E-state index in [0.717, 1.165) is 27.6 Å². The van der Waals surface area contributed by atoms with E-state index in [1.807, 2.05) is 60.8 Å². The molecule has 0 aliphatic rings. The Bertz CT molecular complexity index is 991. The van der Waals surface area contributed by atoms with Crippen molar-refractivity contribution >= 4 is 22.5 Å². The summed E-state index contributed by atoms with van der Waals surface area (Å²) in [6.07, 6.45) is 2.01. The molecule has 0 saturated heterocycles. The molecule has 0 fully saturated rings. The van der Waals surface area contributed by atoms with E-state index in [4.69, 9.17) is 11.6 Å². The highest BCUT2D eigenvalue weighted by Gasteiger charge is 2.22. The molecule has 2 nitrogen and oxygen atoms in total. The molecule has 4 rings (SSSR count). The first-order chi connectivity index (χ1) is 11.7. The number of nitrogens with one attached hydrogen (secondary N) is 1. The van der Waals surface area contributed by atoms with Gasteiger partial charge in [-0.05, 0) is 29.3 Å². The molecule has 3 aromatic carbocycles. The largest absolute Gasteiger partial charge is 0.508 e. The van der Waals surface area contributed by atoms with Gasteiger partial charge in [0.05, 0.1) is 0 Å². The van der Waals surface area contributed by atoms with Gasteiger partial charge in [-0.15, -0.1) is 0 Å². The summed E-state index contributed by atoms with van der Waals surface area (Å²) < 4.78 is 0. The van der Waals surface area contributed by atoms with Crippen LogP contribution in [0, 0.1) is 0 Å². The Kier molecular flexibility index (Phi) is 3.75. The zero-order valence-corrected chi connectivity index (χ0v) is 13.7. The molecular formula is C21H16ClNO. The highest BCUT2D eigenvalue weighted by Crippen LogP contribution is 2.39. The van der Waals surface area contributed by atoms with E-state index < -0.39 is 0 Å². The van der Waals surface area contributed by atoms with Crippen LogP contribution in [0.3, 0.4) is 0 Å². The highest BCUT2D eigenvalue weighted by molar-refractivity contribution is 6.31. The van der Waals surface area contributed by atoms with Crippen molar-refractivity contribution in [2.75, 3.05) is 0 Å². The van der Waals surface area contributed by atoms with E-state index in [9.17, 15) is 5.11 Å². The molecule has 1 aromatic heterocycles. The Balaban J connectivity index is 1.97. The maximum atomic E-state index is 10.4. The van der Waals surface area contributed by atoms with Gasteiger partial charge < -0.3 is 10.1 Å². The predicted octanol–water partition coefficient (Wildman–Crippen LogP) is 5.71. The second kappa shape index (κ2) is 6.06. The topological polar surface area (TPSA) is 36.0 Å². The van der Waals surface area contributed by atoms with Crippen LogP contribution in [0.5, 0.6) is 5.75 Å². The first-order valence-corrected chi connectivity index (χ1v) is 8.21. The molecule has 1 heterocycles. The number of hydrogen-bond acceptors (Lipinski definition) is 1. The molecule has 0 radical (unpaired) electrons. The first kappa shape index (κ1) is 14.9. The van der Waals surface area contributed by atoms with Crippen LogP contribution in [-0.2, 0) is 0 Å². The van der Waals surface area contributed by atoms with Crippen molar-refractivity contribution in [2.45, 2.75) is 5.92 Å². The van der Waals surface area contributed by atoms with E-state index >= 15 is 0 Å². The number of halogens is 1. The average molecular weight is 334 g/mol. The van der Waals surface area contributed by atoms with Crippen molar-refractivity contribution in [3.63, 3.8) is 0 Å². The van der Waals surface area contributed by atoms with Crippen LogP contribution in [0.4, 0.5) is 0 Å². The van der Waals surface area contributed by atoms with Crippen molar-refractivity contribution in [1.29, 1.82) is 0 Å². The van der Waals surface area contributed by atoms with Gasteiger partial charge >= 0.3 is 0 Å². The van der Waals surface area contributed by atoms with E-state index in [2.05, 4.69) is 17.1 Å². The zero-order valence-electron chi connectivity index (χ0n) is 12.9. The van der Waals surface area contributed by atoms with Crippen molar-refractivity contribution in [3.8, 4) is 5.75 Å². The second-order valence-corrected chi connectivity index (χ2v) is 6.27. The maximum Gasteiger partial charge on any atom is 0.119 e. The van der Waals surface area contributed by atoms with Gasteiger partial charge in [-0.3, -0.25) is 0 Å². The van der Waals surface area contributed by atoms with Crippen LogP contribution in [0.1, 0.15) is 22.6 Å². The van der Waals surface area contributed by atoms with E-state index in [0.29, 0.717) is 10.8 Å². The molecule has 2 N–H and O–H groups in total. The van der Waals surface area contributed by atoms with Gasteiger partial charge in [-0.1, -0.05) is 66.2 Å². The fourth-order valence-electron chi connectivity index (χ4n) is 3.26. The van der Waals surface area contributed by atoms with Crippen LogP contribution < -0.4 is 0 Å². The molecule has 0 spiro atoms. The van der Waals surface area contributed by atoms with Crippen LogP contribution in [0.25, 0.3) is 10.9 Å². The van der Waals surface area contributed by atoms with Crippen LogP contribution >= 0.6 is 11.6 Å². The predicted molar refractivity (Wildman–Crippen MR) is 98.8 cm³/mol. The molecule has 1 atom stereocenters. The Labute approximate surface area is 145 Å². The Hall–Kier alpha value is -2.71. The number of hydrogen-bond donors (Lipinski definition) is 2. The summed E-state index contributed by atoms with van der Waals surface area (Å²) in [7, 11) is 0. The number of fused-ring (bicyclic) bond motifs is 1. The third-order valence-electron chi connectivity index (χ3n) is 4.37.